The Labute approximate surface area is 155 Å². The van der Waals surface area contributed by atoms with Crippen LogP contribution in [0.25, 0.3) is 0 Å². The van der Waals surface area contributed by atoms with Crippen LogP contribution in [0.5, 0.6) is 0 Å². The second kappa shape index (κ2) is 9.91. The van der Waals surface area contributed by atoms with E-state index in [0.717, 1.165) is 38.8 Å². The SMILES string of the molecule is CC(C)CCN(CCC(C)C)C(=O)CN(C)[C@H]1CCC[C@@H]1S(C)(=O)=O. The maximum atomic E-state index is 12.8. The fraction of sp³-hybridized carbons (Fsp3) is 0.947. The van der Waals surface area contributed by atoms with E-state index >= 15 is 0 Å². The lowest BCUT2D eigenvalue weighted by molar-refractivity contribution is -0.133. The molecular weight excluding hydrogens is 336 g/mol. The highest BCUT2D eigenvalue weighted by molar-refractivity contribution is 7.91. The third-order valence-electron chi connectivity index (χ3n) is 5.22. The van der Waals surface area contributed by atoms with Crippen LogP contribution in [-0.4, -0.2) is 68.4 Å². The van der Waals surface area contributed by atoms with Gasteiger partial charge < -0.3 is 4.90 Å². The van der Waals surface area contributed by atoms with Crippen molar-refractivity contribution in [3.05, 3.63) is 0 Å². The first-order chi connectivity index (χ1) is 11.5. The molecule has 1 aliphatic carbocycles. The van der Waals surface area contributed by atoms with Crippen molar-refractivity contribution in [3.8, 4) is 0 Å². The molecule has 2 atom stereocenters. The van der Waals surface area contributed by atoms with E-state index in [1.807, 2.05) is 16.8 Å². The Bertz CT molecular complexity index is 505. The minimum Gasteiger partial charge on any atom is -0.342 e. The number of rotatable bonds is 10. The predicted molar refractivity (Wildman–Crippen MR) is 104 cm³/mol. The lowest BCUT2D eigenvalue weighted by Crippen LogP contribution is -2.47. The molecule has 0 radical (unpaired) electrons. The zero-order valence-electron chi connectivity index (χ0n) is 17.0. The minimum absolute atomic E-state index is 0.0315. The van der Waals surface area contributed by atoms with Crippen molar-refractivity contribution in [2.24, 2.45) is 11.8 Å². The number of likely N-dealkylation sites (N-methyl/N-ethyl adjacent to an activating group) is 1. The second-order valence-corrected chi connectivity index (χ2v) is 10.8. The first-order valence-electron chi connectivity index (χ1n) is 9.69. The molecular formula is C19H38N2O3S. The molecule has 1 amide bonds. The van der Waals surface area contributed by atoms with Crippen molar-refractivity contribution in [2.75, 3.05) is 32.9 Å². The third-order valence-corrected chi connectivity index (χ3v) is 6.87. The molecule has 1 aliphatic rings. The molecule has 0 aromatic carbocycles. The molecule has 0 saturated heterocycles. The molecule has 1 saturated carbocycles. The normalized spacial score (nSPS) is 21.5. The van der Waals surface area contributed by atoms with Crippen LogP contribution in [0.1, 0.15) is 59.8 Å². The molecule has 0 heterocycles. The Morgan fingerprint density at radius 2 is 1.56 bits per heavy atom. The third kappa shape index (κ3) is 7.65. The highest BCUT2D eigenvalue weighted by atomic mass is 32.2. The lowest BCUT2D eigenvalue weighted by atomic mass is 10.1. The summed E-state index contributed by atoms with van der Waals surface area (Å²) in [6.45, 7) is 10.6. The molecule has 1 rings (SSSR count). The number of nitrogens with zero attached hydrogens (tertiary/aromatic N) is 2. The van der Waals surface area contributed by atoms with Gasteiger partial charge in [-0.2, -0.15) is 0 Å². The summed E-state index contributed by atoms with van der Waals surface area (Å²) < 4.78 is 24.0. The van der Waals surface area contributed by atoms with E-state index in [1.165, 1.54) is 6.26 Å². The fourth-order valence-corrected chi connectivity index (χ4v) is 5.04. The molecule has 0 aromatic rings. The summed E-state index contributed by atoms with van der Waals surface area (Å²) >= 11 is 0. The van der Waals surface area contributed by atoms with Crippen LogP contribution >= 0.6 is 0 Å². The Morgan fingerprint density at radius 3 is 2.00 bits per heavy atom. The largest absolute Gasteiger partial charge is 0.342 e. The first-order valence-corrected chi connectivity index (χ1v) is 11.6. The first kappa shape index (κ1) is 22.4. The summed E-state index contributed by atoms with van der Waals surface area (Å²) in [5.74, 6) is 1.26. The average Bonchev–Trinajstić information content (AvgIpc) is 2.96. The van der Waals surface area contributed by atoms with Gasteiger partial charge in [0.2, 0.25) is 5.91 Å². The summed E-state index contributed by atoms with van der Waals surface area (Å²) in [5.41, 5.74) is 0. The average molecular weight is 375 g/mol. The maximum Gasteiger partial charge on any atom is 0.236 e. The molecule has 0 N–H and O–H groups in total. The molecule has 6 heteroatoms. The summed E-state index contributed by atoms with van der Waals surface area (Å²) in [5, 5.41) is -0.329. The number of carbonyl (C=O) groups excluding carboxylic acids is 1. The van der Waals surface area contributed by atoms with Crippen molar-refractivity contribution < 1.29 is 13.2 Å². The minimum atomic E-state index is -3.06. The molecule has 5 nitrogen and oxygen atoms in total. The molecule has 0 bridgehead atoms. The summed E-state index contributed by atoms with van der Waals surface area (Å²) in [6.07, 6.45) is 5.83. The lowest BCUT2D eigenvalue weighted by Gasteiger charge is -2.31. The number of amides is 1. The Balaban J connectivity index is 2.69. The topological polar surface area (TPSA) is 57.7 Å². The predicted octanol–water partition coefficient (Wildman–Crippen LogP) is 2.80. The van der Waals surface area contributed by atoms with E-state index < -0.39 is 9.84 Å². The van der Waals surface area contributed by atoms with Gasteiger partial charge in [-0.3, -0.25) is 9.69 Å². The van der Waals surface area contributed by atoms with Gasteiger partial charge in [-0.25, -0.2) is 8.42 Å². The van der Waals surface area contributed by atoms with Crippen LogP contribution in [0.4, 0.5) is 0 Å². The summed E-state index contributed by atoms with van der Waals surface area (Å²) in [7, 11) is -1.16. The number of hydrogen-bond donors (Lipinski definition) is 0. The Kier molecular flexibility index (Phi) is 8.89. The Morgan fingerprint density at radius 1 is 1.04 bits per heavy atom. The van der Waals surface area contributed by atoms with Gasteiger partial charge in [0, 0.05) is 25.4 Å². The molecule has 0 spiro atoms. The van der Waals surface area contributed by atoms with E-state index in [0.29, 0.717) is 24.8 Å². The van der Waals surface area contributed by atoms with E-state index in [4.69, 9.17) is 0 Å². The monoisotopic (exact) mass is 374 g/mol. The molecule has 1 fully saturated rings. The molecule has 0 aromatic heterocycles. The van der Waals surface area contributed by atoms with Gasteiger partial charge in [-0.1, -0.05) is 34.1 Å². The zero-order valence-corrected chi connectivity index (χ0v) is 17.8. The second-order valence-electron chi connectivity index (χ2n) is 8.53. The highest BCUT2D eigenvalue weighted by Gasteiger charge is 2.37. The van der Waals surface area contributed by atoms with Crippen LogP contribution in [0.3, 0.4) is 0 Å². The van der Waals surface area contributed by atoms with Crippen LogP contribution in [0.15, 0.2) is 0 Å². The molecule has 0 unspecified atom stereocenters. The van der Waals surface area contributed by atoms with Crippen molar-refractivity contribution in [3.63, 3.8) is 0 Å². The van der Waals surface area contributed by atoms with Crippen LogP contribution in [0.2, 0.25) is 0 Å². The van der Waals surface area contributed by atoms with Crippen LogP contribution in [-0.2, 0) is 14.6 Å². The van der Waals surface area contributed by atoms with Gasteiger partial charge in [-0.15, -0.1) is 0 Å². The zero-order chi connectivity index (χ0) is 19.2. The fourth-order valence-electron chi connectivity index (χ4n) is 3.53. The van der Waals surface area contributed by atoms with Gasteiger partial charge in [0.15, 0.2) is 9.84 Å². The van der Waals surface area contributed by atoms with E-state index in [-0.39, 0.29) is 17.2 Å². The van der Waals surface area contributed by atoms with Crippen molar-refractivity contribution in [2.45, 2.75) is 71.1 Å². The molecule has 148 valence electrons. The van der Waals surface area contributed by atoms with Gasteiger partial charge in [0.25, 0.3) is 0 Å². The summed E-state index contributed by atoms with van der Waals surface area (Å²) in [6, 6.07) is -0.0315. The van der Waals surface area contributed by atoms with E-state index in [2.05, 4.69) is 27.7 Å². The van der Waals surface area contributed by atoms with Gasteiger partial charge in [-0.05, 0) is 44.6 Å². The maximum absolute atomic E-state index is 12.8. The van der Waals surface area contributed by atoms with E-state index in [9.17, 15) is 13.2 Å². The highest BCUT2D eigenvalue weighted by Crippen LogP contribution is 2.28. The standard InChI is InChI=1S/C19H38N2O3S/c1-15(2)10-12-21(13-11-16(3)4)19(22)14-20(5)17-8-7-9-18(17)25(6,23)24/h15-18H,7-14H2,1-6H3/t17-,18-/m0/s1. The van der Waals surface area contributed by atoms with Gasteiger partial charge >= 0.3 is 0 Å². The smallest absolute Gasteiger partial charge is 0.236 e. The Hall–Kier alpha value is -0.620. The van der Waals surface area contributed by atoms with Crippen LogP contribution in [0, 0.1) is 11.8 Å². The molecule has 0 aliphatic heterocycles. The van der Waals surface area contributed by atoms with Gasteiger partial charge in [0.05, 0.1) is 11.8 Å². The number of sulfone groups is 1. The summed E-state index contributed by atoms with van der Waals surface area (Å²) in [4.78, 5) is 16.8. The quantitative estimate of drug-likeness (QED) is 0.590. The number of carbonyl (C=O) groups is 1. The van der Waals surface area contributed by atoms with E-state index in [1.54, 1.807) is 0 Å². The van der Waals surface area contributed by atoms with Crippen molar-refractivity contribution in [1.29, 1.82) is 0 Å². The molecule has 25 heavy (non-hydrogen) atoms. The van der Waals surface area contributed by atoms with Crippen molar-refractivity contribution >= 4 is 15.7 Å². The van der Waals surface area contributed by atoms with Crippen molar-refractivity contribution in [1.82, 2.24) is 9.80 Å². The number of hydrogen-bond acceptors (Lipinski definition) is 4. The van der Waals surface area contributed by atoms with Crippen LogP contribution < -0.4 is 0 Å². The van der Waals surface area contributed by atoms with Gasteiger partial charge in [0.1, 0.15) is 0 Å².